The lowest BCUT2D eigenvalue weighted by molar-refractivity contribution is 0.0764. The van der Waals surface area contributed by atoms with Crippen LogP contribution in [-0.4, -0.2) is 50.3 Å². The Bertz CT molecular complexity index is 863. The monoisotopic (exact) mass is 348 g/mol. The fraction of sp³-hybridized carbons (Fsp3) is 0.250. The Hall–Kier alpha value is -2.99. The van der Waals surface area contributed by atoms with E-state index in [4.69, 9.17) is 0 Å². The molecule has 6 nitrogen and oxygen atoms in total. The molecule has 1 amide bonds. The highest BCUT2D eigenvalue weighted by atomic mass is 16.3. The van der Waals surface area contributed by atoms with Crippen molar-refractivity contribution in [2.45, 2.75) is 12.5 Å². The topological polar surface area (TPSA) is 82.1 Å². The minimum Gasteiger partial charge on any atom is -0.391 e. The number of hydrogen-bond donors (Lipinski definition) is 2. The molecule has 1 saturated heterocycles. The van der Waals surface area contributed by atoms with Gasteiger partial charge in [-0.15, -0.1) is 0 Å². The number of nitrogens with zero attached hydrogens (tertiary/aromatic N) is 3. The van der Waals surface area contributed by atoms with Crippen molar-refractivity contribution < 1.29 is 9.90 Å². The molecule has 132 valence electrons. The van der Waals surface area contributed by atoms with E-state index in [9.17, 15) is 9.90 Å². The second-order valence-electron chi connectivity index (χ2n) is 6.61. The minimum absolute atomic E-state index is 0.0121. The molecule has 0 saturated carbocycles. The summed E-state index contributed by atoms with van der Waals surface area (Å²) in [5, 5.41) is 17.2. The van der Waals surface area contributed by atoms with Crippen LogP contribution in [0.15, 0.2) is 60.9 Å². The number of rotatable bonds is 4. The van der Waals surface area contributed by atoms with Gasteiger partial charge in [0.2, 0.25) is 0 Å². The molecule has 1 fully saturated rings. The molecular formula is C20H20N4O2. The van der Waals surface area contributed by atoms with Crippen LogP contribution in [0.3, 0.4) is 0 Å². The lowest BCUT2D eigenvalue weighted by Gasteiger charge is -2.16. The molecule has 1 aliphatic heterocycles. The summed E-state index contributed by atoms with van der Waals surface area (Å²) >= 11 is 0. The maximum absolute atomic E-state index is 12.8. The van der Waals surface area contributed by atoms with Gasteiger partial charge in [0.25, 0.3) is 5.91 Å². The van der Waals surface area contributed by atoms with Crippen LogP contribution in [0.1, 0.15) is 16.1 Å². The number of nitrogens with one attached hydrogen (secondary N) is 1. The summed E-state index contributed by atoms with van der Waals surface area (Å²) in [4.78, 5) is 18.8. The number of benzene rings is 1. The van der Waals surface area contributed by atoms with Crippen molar-refractivity contribution in [3.05, 3.63) is 72.2 Å². The molecule has 2 atom stereocenters. The number of aromatic amines is 1. The number of likely N-dealkylation sites (tertiary alicyclic amines) is 1. The third kappa shape index (κ3) is 3.36. The molecular weight excluding hydrogens is 328 g/mol. The third-order valence-corrected chi connectivity index (χ3v) is 4.83. The van der Waals surface area contributed by atoms with Gasteiger partial charge >= 0.3 is 0 Å². The highest BCUT2D eigenvalue weighted by Gasteiger charge is 2.34. The van der Waals surface area contributed by atoms with Gasteiger partial charge in [0.15, 0.2) is 0 Å². The Balaban J connectivity index is 1.43. The third-order valence-electron chi connectivity index (χ3n) is 4.83. The smallest absolute Gasteiger partial charge is 0.253 e. The molecule has 3 aromatic rings. The van der Waals surface area contributed by atoms with E-state index >= 15 is 0 Å². The van der Waals surface area contributed by atoms with Gasteiger partial charge in [-0.2, -0.15) is 5.10 Å². The highest BCUT2D eigenvalue weighted by Crippen LogP contribution is 2.23. The van der Waals surface area contributed by atoms with E-state index in [1.807, 2.05) is 48.5 Å². The molecule has 4 rings (SSSR count). The van der Waals surface area contributed by atoms with Gasteiger partial charge in [-0.3, -0.25) is 14.9 Å². The predicted octanol–water partition coefficient (Wildman–Crippen LogP) is 2.15. The summed E-state index contributed by atoms with van der Waals surface area (Å²) in [6.45, 7) is 0.900. The Kier molecular flexibility index (Phi) is 4.50. The Morgan fingerprint density at radius 1 is 1.12 bits per heavy atom. The first-order valence-corrected chi connectivity index (χ1v) is 8.68. The largest absolute Gasteiger partial charge is 0.391 e. The quantitative estimate of drug-likeness (QED) is 0.757. The van der Waals surface area contributed by atoms with Crippen LogP contribution < -0.4 is 0 Å². The normalized spacial score (nSPS) is 19.7. The fourth-order valence-corrected chi connectivity index (χ4v) is 3.40. The SMILES string of the molecule is O=C(c1ccc(-c2ccn[nH]2)cc1)N1C[C@@H](Cc2ccccn2)[C@H](O)C1. The molecule has 3 heterocycles. The number of pyridine rings is 1. The lowest BCUT2D eigenvalue weighted by Crippen LogP contribution is -2.29. The number of amides is 1. The van der Waals surface area contributed by atoms with Crippen LogP contribution in [0.25, 0.3) is 11.3 Å². The van der Waals surface area contributed by atoms with Crippen LogP contribution in [0, 0.1) is 5.92 Å². The van der Waals surface area contributed by atoms with Crippen molar-refractivity contribution in [3.63, 3.8) is 0 Å². The van der Waals surface area contributed by atoms with Crippen molar-refractivity contribution in [2.75, 3.05) is 13.1 Å². The van der Waals surface area contributed by atoms with E-state index in [1.165, 1.54) is 0 Å². The molecule has 6 heteroatoms. The summed E-state index contributed by atoms with van der Waals surface area (Å²) in [5.41, 5.74) is 3.46. The van der Waals surface area contributed by atoms with Crippen molar-refractivity contribution in [3.8, 4) is 11.3 Å². The molecule has 1 aromatic carbocycles. The zero-order valence-electron chi connectivity index (χ0n) is 14.2. The summed E-state index contributed by atoms with van der Waals surface area (Å²) in [7, 11) is 0. The average molecular weight is 348 g/mol. The molecule has 0 bridgehead atoms. The molecule has 1 aliphatic rings. The number of carbonyl (C=O) groups excluding carboxylic acids is 1. The highest BCUT2D eigenvalue weighted by molar-refractivity contribution is 5.94. The zero-order chi connectivity index (χ0) is 17.9. The van der Waals surface area contributed by atoms with E-state index in [1.54, 1.807) is 17.3 Å². The van der Waals surface area contributed by atoms with Gasteiger partial charge in [0.05, 0.1) is 11.8 Å². The first kappa shape index (κ1) is 16.5. The van der Waals surface area contributed by atoms with Crippen molar-refractivity contribution in [1.29, 1.82) is 0 Å². The maximum atomic E-state index is 12.8. The van der Waals surface area contributed by atoms with Gasteiger partial charge in [-0.1, -0.05) is 18.2 Å². The molecule has 26 heavy (non-hydrogen) atoms. The second-order valence-corrected chi connectivity index (χ2v) is 6.61. The molecule has 0 spiro atoms. The molecule has 2 N–H and O–H groups in total. The zero-order valence-corrected chi connectivity index (χ0v) is 14.2. The number of H-pyrrole nitrogens is 1. The van der Waals surface area contributed by atoms with Gasteiger partial charge in [-0.05, 0) is 42.3 Å². The first-order valence-electron chi connectivity index (χ1n) is 8.68. The molecule has 0 aliphatic carbocycles. The Morgan fingerprint density at radius 2 is 1.96 bits per heavy atom. The number of aliphatic hydroxyl groups excluding tert-OH is 1. The van der Waals surface area contributed by atoms with Gasteiger partial charge in [-0.25, -0.2) is 0 Å². The summed E-state index contributed by atoms with van der Waals surface area (Å²) in [5.74, 6) is -0.0400. The number of aliphatic hydroxyl groups is 1. The molecule has 0 radical (unpaired) electrons. The van der Waals surface area contributed by atoms with Gasteiger partial charge in [0.1, 0.15) is 0 Å². The van der Waals surface area contributed by atoms with E-state index in [0.717, 1.165) is 17.0 Å². The summed E-state index contributed by atoms with van der Waals surface area (Å²) in [6, 6.07) is 15.1. The maximum Gasteiger partial charge on any atom is 0.253 e. The van der Waals surface area contributed by atoms with Crippen LogP contribution in [0.5, 0.6) is 0 Å². The van der Waals surface area contributed by atoms with E-state index in [0.29, 0.717) is 25.1 Å². The second kappa shape index (κ2) is 7.09. The number of hydrogen-bond acceptors (Lipinski definition) is 4. The molecule has 2 aromatic heterocycles. The van der Waals surface area contributed by atoms with Crippen LogP contribution in [-0.2, 0) is 6.42 Å². The standard InChI is InChI=1S/C20H20N4O2/c25-19-13-24(12-16(19)11-17-3-1-2-9-21-17)20(26)15-6-4-14(5-7-15)18-8-10-22-23-18/h1-10,16,19,25H,11-13H2,(H,22,23)/t16-,19-/m1/s1. The minimum atomic E-state index is -0.523. The lowest BCUT2D eigenvalue weighted by atomic mass is 10.00. The van der Waals surface area contributed by atoms with Crippen LogP contribution in [0.2, 0.25) is 0 Å². The fourth-order valence-electron chi connectivity index (χ4n) is 3.40. The van der Waals surface area contributed by atoms with Crippen LogP contribution in [0.4, 0.5) is 0 Å². The molecule has 0 unspecified atom stereocenters. The van der Waals surface area contributed by atoms with Gasteiger partial charge in [0, 0.05) is 42.7 Å². The Labute approximate surface area is 151 Å². The van der Waals surface area contributed by atoms with Crippen molar-refractivity contribution in [1.82, 2.24) is 20.1 Å². The predicted molar refractivity (Wildman–Crippen MR) is 97.4 cm³/mol. The number of carbonyl (C=O) groups is 1. The van der Waals surface area contributed by atoms with E-state index in [2.05, 4.69) is 15.2 Å². The summed E-state index contributed by atoms with van der Waals surface area (Å²) in [6.07, 6.45) is 3.60. The van der Waals surface area contributed by atoms with Crippen molar-refractivity contribution >= 4 is 5.91 Å². The van der Waals surface area contributed by atoms with E-state index < -0.39 is 6.10 Å². The number of aromatic nitrogens is 3. The summed E-state index contributed by atoms with van der Waals surface area (Å²) < 4.78 is 0. The van der Waals surface area contributed by atoms with Crippen LogP contribution >= 0.6 is 0 Å². The average Bonchev–Trinajstić information content (AvgIpc) is 3.33. The van der Waals surface area contributed by atoms with Crippen molar-refractivity contribution in [2.24, 2.45) is 5.92 Å². The first-order chi connectivity index (χ1) is 12.7. The van der Waals surface area contributed by atoms with Gasteiger partial charge < -0.3 is 10.0 Å². The number of β-amino-alcohol motifs (C(OH)–C–C–N with tert-alkyl or cyclic N) is 1. The Morgan fingerprint density at radius 3 is 2.65 bits per heavy atom. The van der Waals surface area contributed by atoms with E-state index in [-0.39, 0.29) is 11.8 Å².